The molecule has 27 heavy (non-hydrogen) atoms. The van der Waals surface area contributed by atoms with Gasteiger partial charge in [0.05, 0.1) is 5.56 Å². The van der Waals surface area contributed by atoms with Crippen molar-refractivity contribution in [1.29, 1.82) is 0 Å². The lowest BCUT2D eigenvalue weighted by Crippen LogP contribution is -2.42. The minimum atomic E-state index is -4.45. The molecule has 0 radical (unpaired) electrons. The summed E-state index contributed by atoms with van der Waals surface area (Å²) in [5, 5.41) is 15.7. The molecule has 0 spiro atoms. The minimum Gasteiger partial charge on any atom is -0.396 e. The van der Waals surface area contributed by atoms with Gasteiger partial charge in [0.1, 0.15) is 5.02 Å². The second-order valence-corrected chi connectivity index (χ2v) is 6.59. The number of hydrogen-bond acceptors (Lipinski definition) is 4. The number of nitrogens with zero attached hydrogens (tertiary/aromatic N) is 1. The predicted molar refractivity (Wildman–Crippen MR) is 92.2 cm³/mol. The zero-order valence-electron chi connectivity index (χ0n) is 14.0. The third kappa shape index (κ3) is 4.17. The van der Waals surface area contributed by atoms with Crippen LogP contribution in [0.1, 0.15) is 28.9 Å². The molecule has 1 heterocycles. The van der Waals surface area contributed by atoms with Crippen molar-refractivity contribution in [2.75, 3.05) is 6.61 Å². The van der Waals surface area contributed by atoms with Crippen LogP contribution in [0.25, 0.3) is 11.3 Å². The molecule has 0 bridgehead atoms. The molecule has 5 nitrogen and oxygen atoms in total. The molecule has 1 aliphatic rings. The second kappa shape index (κ2) is 7.74. The number of amides is 1. The minimum absolute atomic E-state index is 0.0118. The Balaban J connectivity index is 1.78. The summed E-state index contributed by atoms with van der Waals surface area (Å²) in [6.07, 6.45) is 0.611. The molecule has 1 aromatic carbocycles. The Bertz CT molecular complexity index is 847. The molecule has 3 rings (SSSR count). The molecule has 1 aliphatic carbocycles. The summed E-state index contributed by atoms with van der Waals surface area (Å²) in [6, 6.07) is 3.92. The number of rotatable bonds is 4. The van der Waals surface area contributed by atoms with Crippen LogP contribution in [0, 0.1) is 5.92 Å². The number of carbonyl (C=O) groups excluding carboxylic acids is 1. The summed E-state index contributed by atoms with van der Waals surface area (Å²) >= 11 is 6.17. The van der Waals surface area contributed by atoms with E-state index in [-0.39, 0.29) is 40.6 Å². The Kier molecular flexibility index (Phi) is 5.57. The van der Waals surface area contributed by atoms with Crippen LogP contribution >= 0.6 is 11.6 Å². The van der Waals surface area contributed by atoms with Gasteiger partial charge in [-0.25, -0.2) is 0 Å². The number of alkyl halides is 3. The van der Waals surface area contributed by atoms with Crippen LogP contribution in [0.2, 0.25) is 5.02 Å². The topological polar surface area (TPSA) is 75.4 Å². The molecule has 0 fully saturated rings. The molecule has 9 heteroatoms. The molecule has 2 aromatic rings. The molecule has 0 aliphatic heterocycles. The number of benzene rings is 1. The maximum Gasteiger partial charge on any atom is 0.416 e. The van der Waals surface area contributed by atoms with Crippen LogP contribution in [0.3, 0.4) is 0 Å². The molecule has 0 saturated heterocycles. The van der Waals surface area contributed by atoms with Crippen molar-refractivity contribution in [3.05, 3.63) is 52.7 Å². The normalized spacial score (nSPS) is 19.9. The molecule has 0 saturated carbocycles. The predicted octanol–water partition coefficient (Wildman–Crippen LogP) is 4.07. The van der Waals surface area contributed by atoms with Crippen molar-refractivity contribution in [3.63, 3.8) is 0 Å². The average Bonchev–Trinajstić information content (AvgIpc) is 3.03. The summed E-state index contributed by atoms with van der Waals surface area (Å²) in [6.45, 7) is -0.0708. The second-order valence-electron chi connectivity index (χ2n) is 6.21. The third-order valence-electron chi connectivity index (χ3n) is 4.44. The lowest BCUT2D eigenvalue weighted by molar-refractivity contribution is -0.137. The molecule has 1 amide bonds. The van der Waals surface area contributed by atoms with E-state index in [1.54, 1.807) is 0 Å². The van der Waals surface area contributed by atoms with Crippen molar-refractivity contribution in [1.82, 2.24) is 10.5 Å². The van der Waals surface area contributed by atoms with Gasteiger partial charge in [0, 0.05) is 24.1 Å². The van der Waals surface area contributed by atoms with E-state index in [1.165, 1.54) is 12.1 Å². The molecule has 2 N–H and O–H groups in total. The third-order valence-corrected chi connectivity index (χ3v) is 4.79. The molecule has 144 valence electrons. The van der Waals surface area contributed by atoms with Gasteiger partial charge in [0.25, 0.3) is 5.91 Å². The number of carbonyl (C=O) groups is 1. The summed E-state index contributed by atoms with van der Waals surface area (Å²) in [7, 11) is 0. The summed E-state index contributed by atoms with van der Waals surface area (Å²) < 4.78 is 43.1. The fourth-order valence-electron chi connectivity index (χ4n) is 2.90. The van der Waals surface area contributed by atoms with Crippen molar-refractivity contribution >= 4 is 17.5 Å². The molecular formula is C18H16ClF3N2O3. The largest absolute Gasteiger partial charge is 0.416 e. The first-order chi connectivity index (χ1) is 12.8. The average molecular weight is 401 g/mol. The van der Waals surface area contributed by atoms with Crippen LogP contribution < -0.4 is 5.32 Å². The molecule has 2 atom stereocenters. The van der Waals surface area contributed by atoms with Crippen LogP contribution in [0.4, 0.5) is 13.2 Å². The first kappa shape index (κ1) is 19.4. The van der Waals surface area contributed by atoms with Gasteiger partial charge in [-0.05, 0) is 25.0 Å². The van der Waals surface area contributed by atoms with E-state index in [0.29, 0.717) is 12.8 Å². The number of halogens is 4. The highest BCUT2D eigenvalue weighted by Gasteiger charge is 2.31. The van der Waals surface area contributed by atoms with Gasteiger partial charge in [-0.15, -0.1) is 0 Å². The van der Waals surface area contributed by atoms with E-state index in [0.717, 1.165) is 12.1 Å². The van der Waals surface area contributed by atoms with Gasteiger partial charge >= 0.3 is 6.18 Å². The Hall–Kier alpha value is -2.32. The SMILES string of the molecule is O=C(N[C@H]1CC=CC[C@@H]1CO)c1noc(-c2ccc(C(F)(F)F)cc2)c1Cl. The number of aliphatic hydroxyl groups excluding tert-OH is 1. The van der Waals surface area contributed by atoms with Crippen LogP contribution in [-0.4, -0.2) is 28.8 Å². The van der Waals surface area contributed by atoms with E-state index in [1.807, 2.05) is 12.2 Å². The highest BCUT2D eigenvalue weighted by atomic mass is 35.5. The quantitative estimate of drug-likeness (QED) is 0.758. The first-order valence-corrected chi connectivity index (χ1v) is 8.58. The van der Waals surface area contributed by atoms with Gasteiger partial charge in [0.2, 0.25) is 0 Å². The number of hydrogen-bond donors (Lipinski definition) is 2. The van der Waals surface area contributed by atoms with Crippen LogP contribution in [-0.2, 0) is 6.18 Å². The Morgan fingerprint density at radius 3 is 2.56 bits per heavy atom. The van der Waals surface area contributed by atoms with Gasteiger partial charge in [-0.2, -0.15) is 13.2 Å². The zero-order chi connectivity index (χ0) is 19.6. The van der Waals surface area contributed by atoms with Gasteiger partial charge < -0.3 is 14.9 Å². The van der Waals surface area contributed by atoms with Crippen molar-refractivity contribution in [3.8, 4) is 11.3 Å². The summed E-state index contributed by atoms with van der Waals surface area (Å²) in [5.74, 6) is -0.669. The van der Waals surface area contributed by atoms with Gasteiger partial charge in [-0.1, -0.05) is 41.0 Å². The summed E-state index contributed by atoms with van der Waals surface area (Å²) in [5.41, 5.74) is -0.688. The Morgan fingerprint density at radius 2 is 1.93 bits per heavy atom. The van der Waals surface area contributed by atoms with E-state index in [4.69, 9.17) is 16.1 Å². The maximum absolute atomic E-state index is 12.7. The van der Waals surface area contributed by atoms with Crippen LogP contribution in [0.5, 0.6) is 0 Å². The highest BCUT2D eigenvalue weighted by molar-refractivity contribution is 6.35. The lowest BCUT2D eigenvalue weighted by Gasteiger charge is -2.27. The van der Waals surface area contributed by atoms with E-state index in [9.17, 15) is 23.1 Å². The molecular weight excluding hydrogens is 385 g/mol. The number of aliphatic hydroxyl groups is 1. The van der Waals surface area contributed by atoms with Gasteiger partial charge in [0.15, 0.2) is 11.5 Å². The van der Waals surface area contributed by atoms with E-state index in [2.05, 4.69) is 10.5 Å². The number of allylic oxidation sites excluding steroid dienone is 1. The number of aromatic nitrogens is 1. The maximum atomic E-state index is 12.7. The smallest absolute Gasteiger partial charge is 0.396 e. The molecule has 0 unspecified atom stereocenters. The standard InChI is InChI=1S/C18H16ClF3N2O3/c19-14-15(17(26)23-13-4-2-1-3-11(13)9-25)24-27-16(14)10-5-7-12(8-6-10)18(20,21)22/h1-2,5-8,11,13,25H,3-4,9H2,(H,23,26)/t11-,13+/m1/s1. The highest BCUT2D eigenvalue weighted by Crippen LogP contribution is 2.34. The van der Waals surface area contributed by atoms with Crippen molar-refractivity contribution in [2.24, 2.45) is 5.92 Å². The summed E-state index contributed by atoms with van der Waals surface area (Å²) in [4.78, 5) is 12.5. The zero-order valence-corrected chi connectivity index (χ0v) is 14.7. The fourth-order valence-corrected chi connectivity index (χ4v) is 3.16. The van der Waals surface area contributed by atoms with Gasteiger partial charge in [-0.3, -0.25) is 4.79 Å². The monoisotopic (exact) mass is 400 g/mol. The Labute approximate surface area is 157 Å². The molecule has 1 aromatic heterocycles. The fraction of sp³-hybridized carbons (Fsp3) is 0.333. The van der Waals surface area contributed by atoms with Crippen molar-refractivity contribution in [2.45, 2.75) is 25.1 Å². The Morgan fingerprint density at radius 1 is 1.26 bits per heavy atom. The van der Waals surface area contributed by atoms with Crippen LogP contribution in [0.15, 0.2) is 40.9 Å². The lowest BCUT2D eigenvalue weighted by atomic mass is 9.89. The van der Waals surface area contributed by atoms with Crippen molar-refractivity contribution < 1.29 is 27.6 Å². The number of nitrogens with one attached hydrogen (secondary N) is 1. The van der Waals surface area contributed by atoms with E-state index >= 15 is 0 Å². The first-order valence-electron chi connectivity index (χ1n) is 8.20. The van der Waals surface area contributed by atoms with E-state index < -0.39 is 17.6 Å².